The second-order valence-electron chi connectivity index (χ2n) is 7.87. The largest absolute Gasteiger partial charge is 0.298 e. The lowest BCUT2D eigenvalue weighted by atomic mass is 9.81. The van der Waals surface area contributed by atoms with E-state index in [-0.39, 0.29) is 0 Å². The van der Waals surface area contributed by atoms with E-state index in [4.69, 9.17) is 0 Å². The van der Waals surface area contributed by atoms with Gasteiger partial charge in [0.05, 0.1) is 0 Å². The zero-order valence-electron chi connectivity index (χ0n) is 14.4. The van der Waals surface area contributed by atoms with Crippen LogP contribution in [0.4, 0.5) is 0 Å². The van der Waals surface area contributed by atoms with Gasteiger partial charge in [-0.05, 0) is 57.4 Å². The van der Waals surface area contributed by atoms with Crippen LogP contribution in [0.5, 0.6) is 0 Å². The molecule has 2 nitrogen and oxygen atoms in total. The summed E-state index contributed by atoms with van der Waals surface area (Å²) in [5, 5.41) is 0. The molecule has 2 heteroatoms. The highest BCUT2D eigenvalue weighted by Gasteiger charge is 2.38. The third-order valence-electron chi connectivity index (χ3n) is 6.54. The molecule has 3 rings (SSSR count). The Morgan fingerprint density at radius 3 is 2.38 bits per heavy atom. The van der Waals surface area contributed by atoms with E-state index >= 15 is 0 Å². The molecule has 2 heterocycles. The Balaban J connectivity index is 1.58. The van der Waals surface area contributed by atoms with Gasteiger partial charge >= 0.3 is 0 Å². The molecule has 2 unspecified atom stereocenters. The molecule has 0 aromatic heterocycles. The Hall–Kier alpha value is -0.0800. The first kappa shape index (κ1) is 15.8. The van der Waals surface area contributed by atoms with Gasteiger partial charge in [-0.25, -0.2) is 0 Å². The summed E-state index contributed by atoms with van der Waals surface area (Å²) in [6.45, 7) is 8.86. The zero-order valence-corrected chi connectivity index (χ0v) is 14.4. The molecule has 0 amide bonds. The predicted molar refractivity (Wildman–Crippen MR) is 90.7 cm³/mol. The zero-order chi connectivity index (χ0) is 14.7. The van der Waals surface area contributed by atoms with Crippen LogP contribution in [0.2, 0.25) is 0 Å². The lowest BCUT2D eigenvalue weighted by molar-refractivity contribution is -0.0267. The van der Waals surface area contributed by atoms with Crippen LogP contribution in [-0.4, -0.2) is 47.6 Å². The van der Waals surface area contributed by atoms with Crippen LogP contribution in [0.1, 0.15) is 78.1 Å². The van der Waals surface area contributed by atoms with E-state index < -0.39 is 0 Å². The first-order valence-electron chi connectivity index (χ1n) is 9.81. The Labute approximate surface area is 132 Å². The van der Waals surface area contributed by atoms with Crippen molar-refractivity contribution >= 4 is 0 Å². The molecule has 2 atom stereocenters. The highest BCUT2D eigenvalue weighted by molar-refractivity contribution is 4.94. The van der Waals surface area contributed by atoms with Crippen molar-refractivity contribution in [2.75, 3.05) is 19.6 Å². The molecular weight excluding hydrogens is 256 g/mol. The number of fused-ring (bicyclic) bond motifs is 1. The maximum absolute atomic E-state index is 2.95. The average molecular weight is 293 g/mol. The number of piperazine rings is 1. The first-order chi connectivity index (χ1) is 10.3. The summed E-state index contributed by atoms with van der Waals surface area (Å²) in [6.07, 6.45) is 14.5. The van der Waals surface area contributed by atoms with Crippen LogP contribution in [0, 0.1) is 5.92 Å². The SMILES string of the molecule is CCCC1CCC(N2CC3CCCCN3CC2CC)CC1. The molecule has 0 N–H and O–H groups in total. The van der Waals surface area contributed by atoms with Gasteiger partial charge in [-0.2, -0.15) is 0 Å². The second kappa shape index (κ2) is 7.46. The summed E-state index contributed by atoms with van der Waals surface area (Å²) < 4.78 is 0. The van der Waals surface area contributed by atoms with Gasteiger partial charge in [-0.15, -0.1) is 0 Å². The smallest absolute Gasteiger partial charge is 0.0224 e. The maximum atomic E-state index is 2.95. The minimum atomic E-state index is 0.840. The molecule has 0 aromatic rings. The van der Waals surface area contributed by atoms with Crippen molar-refractivity contribution in [1.82, 2.24) is 9.80 Å². The summed E-state index contributed by atoms with van der Waals surface area (Å²) in [5.41, 5.74) is 0. The number of hydrogen-bond donors (Lipinski definition) is 0. The average Bonchev–Trinajstić information content (AvgIpc) is 2.54. The number of nitrogens with zero attached hydrogens (tertiary/aromatic N) is 2. The van der Waals surface area contributed by atoms with Crippen LogP contribution in [0.3, 0.4) is 0 Å². The maximum Gasteiger partial charge on any atom is 0.0224 e. The topological polar surface area (TPSA) is 6.48 Å². The van der Waals surface area contributed by atoms with Crippen LogP contribution >= 0.6 is 0 Å². The molecule has 122 valence electrons. The van der Waals surface area contributed by atoms with Crippen molar-refractivity contribution in [3.8, 4) is 0 Å². The van der Waals surface area contributed by atoms with Gasteiger partial charge in [-0.3, -0.25) is 9.80 Å². The molecule has 3 aliphatic rings. The van der Waals surface area contributed by atoms with E-state index in [0.29, 0.717) is 0 Å². The van der Waals surface area contributed by atoms with E-state index in [0.717, 1.165) is 24.0 Å². The van der Waals surface area contributed by atoms with Crippen LogP contribution in [-0.2, 0) is 0 Å². The summed E-state index contributed by atoms with van der Waals surface area (Å²) in [7, 11) is 0. The molecule has 21 heavy (non-hydrogen) atoms. The van der Waals surface area contributed by atoms with Crippen molar-refractivity contribution < 1.29 is 0 Å². The van der Waals surface area contributed by atoms with Gasteiger partial charge < -0.3 is 0 Å². The second-order valence-corrected chi connectivity index (χ2v) is 7.87. The van der Waals surface area contributed by atoms with Crippen molar-refractivity contribution in [1.29, 1.82) is 0 Å². The fraction of sp³-hybridized carbons (Fsp3) is 1.00. The summed E-state index contributed by atoms with van der Waals surface area (Å²) in [5.74, 6) is 1.04. The van der Waals surface area contributed by atoms with Gasteiger partial charge in [-0.1, -0.05) is 33.1 Å². The standard InChI is InChI=1S/C19H36N2/c1-3-7-16-9-11-18(12-10-16)21-15-19-8-5-6-13-20(19)14-17(21)4-2/h16-19H,3-15H2,1-2H3. The quantitative estimate of drug-likeness (QED) is 0.762. The molecule has 0 bridgehead atoms. The van der Waals surface area contributed by atoms with Crippen molar-refractivity contribution in [2.45, 2.75) is 96.2 Å². The molecule has 0 spiro atoms. The number of hydrogen-bond acceptors (Lipinski definition) is 2. The molecule has 1 saturated carbocycles. The molecule has 1 aliphatic carbocycles. The number of piperidine rings is 1. The van der Waals surface area contributed by atoms with Crippen LogP contribution in [0.25, 0.3) is 0 Å². The van der Waals surface area contributed by atoms with E-state index in [1.54, 1.807) is 0 Å². The Morgan fingerprint density at radius 1 is 0.857 bits per heavy atom. The fourth-order valence-corrected chi connectivity index (χ4v) is 5.26. The number of rotatable bonds is 4. The van der Waals surface area contributed by atoms with E-state index in [2.05, 4.69) is 23.6 Å². The summed E-state index contributed by atoms with van der Waals surface area (Å²) in [4.78, 5) is 5.77. The van der Waals surface area contributed by atoms with Gasteiger partial charge in [0.15, 0.2) is 0 Å². The normalized spacial score (nSPS) is 39.1. The molecule has 0 aromatic carbocycles. The highest BCUT2D eigenvalue weighted by atomic mass is 15.3. The monoisotopic (exact) mass is 292 g/mol. The first-order valence-corrected chi connectivity index (χ1v) is 9.81. The summed E-state index contributed by atoms with van der Waals surface area (Å²) in [6, 6.07) is 2.63. The highest BCUT2D eigenvalue weighted by Crippen LogP contribution is 2.34. The lowest BCUT2D eigenvalue weighted by Crippen LogP contribution is -2.62. The van der Waals surface area contributed by atoms with E-state index in [1.165, 1.54) is 83.8 Å². The van der Waals surface area contributed by atoms with Gasteiger partial charge in [0.2, 0.25) is 0 Å². The van der Waals surface area contributed by atoms with Gasteiger partial charge in [0.25, 0.3) is 0 Å². The van der Waals surface area contributed by atoms with Crippen molar-refractivity contribution in [3.05, 3.63) is 0 Å². The minimum absolute atomic E-state index is 0.840. The van der Waals surface area contributed by atoms with Crippen molar-refractivity contribution in [3.63, 3.8) is 0 Å². The van der Waals surface area contributed by atoms with Crippen LogP contribution in [0.15, 0.2) is 0 Å². The minimum Gasteiger partial charge on any atom is -0.298 e. The Morgan fingerprint density at radius 2 is 1.67 bits per heavy atom. The third-order valence-corrected chi connectivity index (χ3v) is 6.54. The molecule has 2 aliphatic heterocycles. The molecule has 0 radical (unpaired) electrons. The lowest BCUT2D eigenvalue weighted by Gasteiger charge is -2.52. The predicted octanol–water partition coefficient (Wildman–Crippen LogP) is 4.29. The van der Waals surface area contributed by atoms with Gasteiger partial charge in [0.1, 0.15) is 0 Å². The van der Waals surface area contributed by atoms with E-state index in [1.807, 2.05) is 0 Å². The molecule has 2 saturated heterocycles. The van der Waals surface area contributed by atoms with E-state index in [9.17, 15) is 0 Å². The third kappa shape index (κ3) is 3.64. The molecule has 3 fully saturated rings. The van der Waals surface area contributed by atoms with Gasteiger partial charge in [0, 0.05) is 31.2 Å². The van der Waals surface area contributed by atoms with Crippen molar-refractivity contribution in [2.24, 2.45) is 5.92 Å². The Kier molecular flexibility index (Phi) is 5.61. The Bertz CT molecular complexity index is 309. The van der Waals surface area contributed by atoms with Crippen LogP contribution < -0.4 is 0 Å². The summed E-state index contributed by atoms with van der Waals surface area (Å²) >= 11 is 0. The molecular formula is C19H36N2. The fourth-order valence-electron chi connectivity index (χ4n) is 5.26.